The Labute approximate surface area is 151 Å². The maximum absolute atomic E-state index is 12.6. The summed E-state index contributed by atoms with van der Waals surface area (Å²) in [5, 5.41) is 8.53. The zero-order chi connectivity index (χ0) is 17.9. The van der Waals surface area contributed by atoms with Crippen LogP contribution in [-0.2, 0) is 0 Å². The minimum absolute atomic E-state index is 0.0222. The molecule has 0 bridgehead atoms. The minimum atomic E-state index is -0.0222. The number of hydrogen-bond donors (Lipinski definition) is 0. The number of carbonyl (C=O) groups is 1. The number of ether oxygens (including phenoxy) is 1. The summed E-state index contributed by atoms with van der Waals surface area (Å²) in [6.45, 7) is 1.30. The zero-order valence-electron chi connectivity index (χ0n) is 14.4. The first-order valence-corrected chi connectivity index (χ1v) is 8.51. The molecule has 0 aliphatic carbocycles. The Morgan fingerprint density at radius 3 is 2.77 bits per heavy atom. The molecule has 1 aliphatic heterocycles. The Hall–Kier alpha value is -3.22. The fourth-order valence-corrected chi connectivity index (χ4v) is 3.15. The van der Waals surface area contributed by atoms with Crippen molar-refractivity contribution in [1.29, 1.82) is 0 Å². The summed E-state index contributed by atoms with van der Waals surface area (Å²) in [4.78, 5) is 18.6. The van der Waals surface area contributed by atoms with Gasteiger partial charge in [0.2, 0.25) is 5.88 Å². The van der Waals surface area contributed by atoms with Crippen molar-refractivity contribution in [2.24, 2.45) is 0 Å². The van der Waals surface area contributed by atoms with E-state index in [-0.39, 0.29) is 11.9 Å². The maximum atomic E-state index is 12.6. The van der Waals surface area contributed by atoms with Crippen molar-refractivity contribution in [2.45, 2.75) is 12.5 Å². The number of hydrogen-bond acceptors (Lipinski definition) is 5. The summed E-state index contributed by atoms with van der Waals surface area (Å²) >= 11 is 0. The number of aromatic nitrogens is 4. The van der Waals surface area contributed by atoms with E-state index in [0.29, 0.717) is 24.5 Å². The summed E-state index contributed by atoms with van der Waals surface area (Å²) in [7, 11) is 1.55. The molecule has 7 heteroatoms. The number of likely N-dealkylation sites (tertiary alicyclic amines) is 1. The Bertz CT molecular complexity index is 892. The molecule has 26 heavy (non-hydrogen) atoms. The first-order chi connectivity index (χ1) is 12.7. The predicted octanol–water partition coefficient (Wildman–Crippen LogP) is 2.44. The van der Waals surface area contributed by atoms with Crippen molar-refractivity contribution < 1.29 is 9.53 Å². The largest absolute Gasteiger partial charge is 0.481 e. The third kappa shape index (κ3) is 3.15. The van der Waals surface area contributed by atoms with Gasteiger partial charge in [-0.3, -0.25) is 4.79 Å². The van der Waals surface area contributed by atoms with Gasteiger partial charge in [0.25, 0.3) is 5.91 Å². The van der Waals surface area contributed by atoms with Gasteiger partial charge in [-0.25, -0.2) is 9.67 Å². The van der Waals surface area contributed by atoms with Crippen LogP contribution in [0, 0.1) is 0 Å². The lowest BCUT2D eigenvalue weighted by molar-refractivity contribution is 0.0786. The van der Waals surface area contributed by atoms with Gasteiger partial charge in [0.05, 0.1) is 24.9 Å². The van der Waals surface area contributed by atoms with Gasteiger partial charge >= 0.3 is 0 Å². The molecule has 2 aromatic heterocycles. The maximum Gasteiger partial charge on any atom is 0.255 e. The number of methoxy groups -OCH3 is 1. The Morgan fingerprint density at radius 2 is 2.04 bits per heavy atom. The topological polar surface area (TPSA) is 73.1 Å². The van der Waals surface area contributed by atoms with Crippen LogP contribution in [0.15, 0.2) is 54.9 Å². The molecule has 132 valence electrons. The molecular formula is C19H19N5O2. The van der Waals surface area contributed by atoms with E-state index in [9.17, 15) is 4.79 Å². The van der Waals surface area contributed by atoms with E-state index in [1.807, 2.05) is 46.1 Å². The average Bonchev–Trinajstić information content (AvgIpc) is 3.38. The van der Waals surface area contributed by atoms with Crippen LogP contribution in [0.5, 0.6) is 5.88 Å². The standard InChI is InChI=1S/C19H19N5O2/c1-26-18-8-7-15(11-20-18)19(25)23-10-9-16(12-23)24-13-17(21-22-24)14-5-3-2-4-6-14/h2-8,11,13,16H,9-10,12H2,1H3/t16-/m0/s1. The second kappa shape index (κ2) is 6.95. The second-order valence-electron chi connectivity index (χ2n) is 6.23. The van der Waals surface area contributed by atoms with E-state index in [4.69, 9.17) is 4.74 Å². The molecular weight excluding hydrogens is 330 g/mol. The first kappa shape index (κ1) is 16.3. The monoisotopic (exact) mass is 349 g/mol. The number of rotatable bonds is 4. The molecule has 1 saturated heterocycles. The van der Waals surface area contributed by atoms with Crippen LogP contribution in [0.1, 0.15) is 22.8 Å². The van der Waals surface area contributed by atoms with Crippen LogP contribution < -0.4 is 4.74 Å². The molecule has 7 nitrogen and oxygen atoms in total. The van der Waals surface area contributed by atoms with Crippen LogP contribution in [0.3, 0.4) is 0 Å². The van der Waals surface area contributed by atoms with Crippen molar-refractivity contribution in [3.63, 3.8) is 0 Å². The van der Waals surface area contributed by atoms with Gasteiger partial charge in [-0.05, 0) is 12.5 Å². The van der Waals surface area contributed by atoms with E-state index >= 15 is 0 Å². The highest BCUT2D eigenvalue weighted by Crippen LogP contribution is 2.24. The molecule has 0 radical (unpaired) electrons. The van der Waals surface area contributed by atoms with E-state index in [0.717, 1.165) is 17.7 Å². The molecule has 0 N–H and O–H groups in total. The fourth-order valence-electron chi connectivity index (χ4n) is 3.15. The van der Waals surface area contributed by atoms with Gasteiger partial charge in [0.15, 0.2) is 0 Å². The van der Waals surface area contributed by atoms with Gasteiger partial charge < -0.3 is 9.64 Å². The van der Waals surface area contributed by atoms with Gasteiger partial charge in [0, 0.05) is 30.9 Å². The van der Waals surface area contributed by atoms with Crippen molar-refractivity contribution in [1.82, 2.24) is 24.9 Å². The second-order valence-corrected chi connectivity index (χ2v) is 6.23. The minimum Gasteiger partial charge on any atom is -0.481 e. The molecule has 1 atom stereocenters. The summed E-state index contributed by atoms with van der Waals surface area (Å²) in [6, 6.07) is 13.5. The molecule has 1 aliphatic rings. The van der Waals surface area contributed by atoms with Crippen molar-refractivity contribution in [3.8, 4) is 17.1 Å². The lowest BCUT2D eigenvalue weighted by Crippen LogP contribution is -2.29. The third-order valence-electron chi connectivity index (χ3n) is 4.60. The molecule has 0 unspecified atom stereocenters. The van der Waals surface area contributed by atoms with Gasteiger partial charge in [-0.1, -0.05) is 35.5 Å². The SMILES string of the molecule is COc1ccc(C(=O)N2CC[C@H](n3cc(-c4ccccc4)nn3)C2)cn1. The normalized spacial score (nSPS) is 16.7. The van der Waals surface area contributed by atoms with Crippen molar-refractivity contribution in [3.05, 3.63) is 60.4 Å². The van der Waals surface area contributed by atoms with E-state index in [1.165, 1.54) is 0 Å². The fraction of sp³-hybridized carbons (Fsp3) is 0.263. The van der Waals surface area contributed by atoms with Gasteiger partial charge in [-0.15, -0.1) is 5.10 Å². The third-order valence-corrected chi connectivity index (χ3v) is 4.60. The summed E-state index contributed by atoms with van der Waals surface area (Å²) in [5.74, 6) is 0.475. The van der Waals surface area contributed by atoms with E-state index in [2.05, 4.69) is 15.3 Å². The number of pyridine rings is 1. The van der Waals surface area contributed by atoms with Crippen LogP contribution in [0.25, 0.3) is 11.3 Å². The summed E-state index contributed by atoms with van der Waals surface area (Å²) in [5.41, 5.74) is 2.44. The predicted molar refractivity (Wildman–Crippen MR) is 95.8 cm³/mol. The number of nitrogens with zero attached hydrogens (tertiary/aromatic N) is 5. The van der Waals surface area contributed by atoms with E-state index in [1.54, 1.807) is 25.4 Å². The van der Waals surface area contributed by atoms with Crippen molar-refractivity contribution >= 4 is 5.91 Å². The van der Waals surface area contributed by atoms with E-state index < -0.39 is 0 Å². The van der Waals surface area contributed by atoms with Crippen LogP contribution in [0.4, 0.5) is 0 Å². The summed E-state index contributed by atoms with van der Waals surface area (Å²) in [6.07, 6.45) is 4.35. The lowest BCUT2D eigenvalue weighted by atomic mass is 10.2. The Morgan fingerprint density at radius 1 is 1.19 bits per heavy atom. The van der Waals surface area contributed by atoms with Crippen LogP contribution >= 0.6 is 0 Å². The molecule has 3 heterocycles. The van der Waals surface area contributed by atoms with Gasteiger partial charge in [0.1, 0.15) is 5.69 Å². The molecule has 0 spiro atoms. The molecule has 4 rings (SSSR count). The van der Waals surface area contributed by atoms with Crippen LogP contribution in [0.2, 0.25) is 0 Å². The Balaban J connectivity index is 1.45. The zero-order valence-corrected chi connectivity index (χ0v) is 14.4. The molecule has 1 amide bonds. The quantitative estimate of drug-likeness (QED) is 0.723. The number of carbonyl (C=O) groups excluding carboxylic acids is 1. The molecule has 3 aromatic rings. The smallest absolute Gasteiger partial charge is 0.255 e. The highest BCUT2D eigenvalue weighted by atomic mass is 16.5. The highest BCUT2D eigenvalue weighted by Gasteiger charge is 2.29. The highest BCUT2D eigenvalue weighted by molar-refractivity contribution is 5.94. The van der Waals surface area contributed by atoms with Gasteiger partial charge in [-0.2, -0.15) is 0 Å². The lowest BCUT2D eigenvalue weighted by Gasteiger charge is -2.16. The first-order valence-electron chi connectivity index (χ1n) is 8.51. The Kier molecular flexibility index (Phi) is 4.35. The number of benzene rings is 1. The molecule has 1 aromatic carbocycles. The molecule has 1 fully saturated rings. The average molecular weight is 349 g/mol. The van der Waals surface area contributed by atoms with Crippen LogP contribution in [-0.4, -0.2) is 51.0 Å². The molecule has 0 saturated carbocycles. The van der Waals surface area contributed by atoms with Crippen molar-refractivity contribution in [2.75, 3.05) is 20.2 Å². The number of amides is 1. The summed E-state index contributed by atoms with van der Waals surface area (Å²) < 4.78 is 6.90.